The van der Waals surface area contributed by atoms with Crippen LogP contribution >= 0.6 is 0 Å². The maximum atomic E-state index is 11.4. The topological polar surface area (TPSA) is 52.9 Å². The van der Waals surface area contributed by atoms with Crippen molar-refractivity contribution in [2.45, 2.75) is 38.1 Å². The third kappa shape index (κ3) is 3.18. The van der Waals surface area contributed by atoms with Crippen molar-refractivity contribution in [3.63, 3.8) is 0 Å². The van der Waals surface area contributed by atoms with Gasteiger partial charge in [-0.25, -0.2) is 0 Å². The minimum Gasteiger partial charge on any atom is -0.372 e. The second-order valence-corrected chi connectivity index (χ2v) is 7.01. The predicted octanol–water partition coefficient (Wildman–Crippen LogP) is 3.50. The van der Waals surface area contributed by atoms with Gasteiger partial charge >= 0.3 is 0 Å². The lowest BCUT2D eigenvalue weighted by atomic mass is 9.95. The van der Waals surface area contributed by atoms with E-state index < -0.39 is 0 Å². The molecule has 1 fully saturated rings. The zero-order chi connectivity index (χ0) is 17.3. The van der Waals surface area contributed by atoms with Crippen LogP contribution in [0.5, 0.6) is 0 Å². The molecule has 1 aromatic carbocycles. The van der Waals surface area contributed by atoms with Gasteiger partial charge in [-0.15, -0.1) is 0 Å². The molecule has 6 nitrogen and oxygen atoms in total. The predicted molar refractivity (Wildman–Crippen MR) is 96.7 cm³/mol. The van der Waals surface area contributed by atoms with Gasteiger partial charge in [-0.3, -0.25) is 10.1 Å². The van der Waals surface area contributed by atoms with Crippen molar-refractivity contribution in [1.82, 2.24) is 9.80 Å². The smallest absolute Gasteiger partial charge is 0.293 e. The quantitative estimate of drug-likeness (QED) is 0.625. The van der Waals surface area contributed by atoms with Crippen molar-refractivity contribution >= 4 is 17.1 Å². The number of nitrogens with zero attached hydrogens (tertiary/aromatic N) is 4. The Morgan fingerprint density at radius 3 is 2.54 bits per heavy atom. The molecule has 24 heavy (non-hydrogen) atoms. The van der Waals surface area contributed by atoms with E-state index in [0.717, 1.165) is 17.9 Å². The highest BCUT2D eigenvalue weighted by molar-refractivity contribution is 5.73. The summed E-state index contributed by atoms with van der Waals surface area (Å²) in [6, 6.07) is 6.12. The lowest BCUT2D eigenvalue weighted by Crippen LogP contribution is -2.34. The molecule has 0 spiro atoms. The average molecular weight is 330 g/mol. The van der Waals surface area contributed by atoms with Crippen LogP contribution in [0.4, 0.5) is 11.4 Å². The Bertz CT molecular complexity index is 650. The van der Waals surface area contributed by atoms with Gasteiger partial charge in [0.25, 0.3) is 5.69 Å². The summed E-state index contributed by atoms with van der Waals surface area (Å²) in [6.07, 6.45) is 8.63. The molecule has 1 aromatic rings. The first-order valence-electron chi connectivity index (χ1n) is 8.62. The van der Waals surface area contributed by atoms with Crippen molar-refractivity contribution in [2.75, 3.05) is 32.7 Å². The van der Waals surface area contributed by atoms with E-state index in [1.54, 1.807) is 11.0 Å². The second-order valence-electron chi connectivity index (χ2n) is 7.01. The standard InChI is InChI=1S/C18H26N4O2/c1-19(2)16-10-9-14(11-17(16)22(23)24)18-12-21(13-20(18)3)15-7-5-4-6-8-15/h9-12,15H,4-8,13H2,1-3H3. The van der Waals surface area contributed by atoms with Gasteiger partial charge in [-0.1, -0.05) is 25.3 Å². The SMILES string of the molecule is CN1CN(C2CCCCC2)C=C1c1ccc(N(C)C)c([N+](=O)[O-])c1. The van der Waals surface area contributed by atoms with Gasteiger partial charge in [0, 0.05) is 45.0 Å². The number of hydrogen-bond acceptors (Lipinski definition) is 5. The Morgan fingerprint density at radius 1 is 1.21 bits per heavy atom. The van der Waals surface area contributed by atoms with Crippen molar-refractivity contribution < 1.29 is 4.92 Å². The molecule has 1 heterocycles. The lowest BCUT2D eigenvalue weighted by molar-refractivity contribution is -0.384. The summed E-state index contributed by atoms with van der Waals surface area (Å²) in [5.74, 6) is 0. The monoisotopic (exact) mass is 330 g/mol. The molecule has 0 amide bonds. The van der Waals surface area contributed by atoms with Gasteiger partial charge in [0.15, 0.2) is 0 Å². The second kappa shape index (κ2) is 6.71. The summed E-state index contributed by atoms with van der Waals surface area (Å²) < 4.78 is 0. The zero-order valence-electron chi connectivity index (χ0n) is 14.7. The summed E-state index contributed by atoms with van der Waals surface area (Å²) in [4.78, 5) is 17.5. The number of hydrogen-bond donors (Lipinski definition) is 0. The largest absolute Gasteiger partial charge is 0.372 e. The van der Waals surface area contributed by atoms with Gasteiger partial charge in [-0.2, -0.15) is 0 Å². The normalized spacial score (nSPS) is 18.7. The van der Waals surface area contributed by atoms with E-state index in [2.05, 4.69) is 23.0 Å². The molecule has 0 unspecified atom stereocenters. The highest BCUT2D eigenvalue weighted by Gasteiger charge is 2.27. The third-order valence-corrected chi connectivity index (χ3v) is 5.07. The molecule has 1 saturated carbocycles. The molecular weight excluding hydrogens is 304 g/mol. The van der Waals surface area contributed by atoms with Crippen LogP contribution in [0.25, 0.3) is 5.70 Å². The van der Waals surface area contributed by atoms with Gasteiger partial charge in [0.05, 0.1) is 17.3 Å². The molecular formula is C18H26N4O2. The summed E-state index contributed by atoms with van der Waals surface area (Å²) in [7, 11) is 5.71. The fraction of sp³-hybridized carbons (Fsp3) is 0.556. The van der Waals surface area contributed by atoms with Crippen molar-refractivity contribution in [2.24, 2.45) is 0 Å². The molecule has 1 aliphatic carbocycles. The van der Waals surface area contributed by atoms with Crippen LogP contribution < -0.4 is 4.90 Å². The van der Waals surface area contributed by atoms with Crippen LogP contribution in [0, 0.1) is 10.1 Å². The molecule has 130 valence electrons. The Balaban J connectivity index is 1.90. The maximum Gasteiger partial charge on any atom is 0.293 e. The summed E-state index contributed by atoms with van der Waals surface area (Å²) in [5, 5.41) is 11.4. The van der Waals surface area contributed by atoms with Crippen molar-refractivity contribution in [3.05, 3.63) is 40.1 Å². The Labute approximate surface area is 143 Å². The van der Waals surface area contributed by atoms with Crippen molar-refractivity contribution in [3.8, 4) is 0 Å². The minimum absolute atomic E-state index is 0.155. The van der Waals surface area contributed by atoms with Crippen LogP contribution in [0.3, 0.4) is 0 Å². The zero-order valence-corrected chi connectivity index (χ0v) is 14.7. The Morgan fingerprint density at radius 2 is 1.92 bits per heavy atom. The lowest BCUT2D eigenvalue weighted by Gasteiger charge is -2.31. The van der Waals surface area contributed by atoms with Gasteiger partial charge in [-0.05, 0) is 18.9 Å². The van der Waals surface area contributed by atoms with Crippen LogP contribution in [0.2, 0.25) is 0 Å². The van der Waals surface area contributed by atoms with Crippen LogP contribution in [-0.4, -0.2) is 48.6 Å². The van der Waals surface area contributed by atoms with E-state index in [1.165, 1.54) is 32.1 Å². The van der Waals surface area contributed by atoms with Crippen molar-refractivity contribution in [1.29, 1.82) is 0 Å². The van der Waals surface area contributed by atoms with Crippen LogP contribution in [0.1, 0.15) is 37.7 Å². The number of nitro groups is 1. The molecule has 0 aromatic heterocycles. The van der Waals surface area contributed by atoms with Crippen LogP contribution in [-0.2, 0) is 0 Å². The molecule has 0 bridgehead atoms. The number of benzene rings is 1. The third-order valence-electron chi connectivity index (χ3n) is 5.07. The highest BCUT2D eigenvalue weighted by atomic mass is 16.6. The van der Waals surface area contributed by atoms with E-state index in [4.69, 9.17) is 0 Å². The average Bonchev–Trinajstić information content (AvgIpc) is 2.97. The number of anilines is 1. The fourth-order valence-electron chi connectivity index (χ4n) is 3.75. The van der Waals surface area contributed by atoms with Crippen LogP contribution in [0.15, 0.2) is 24.4 Å². The summed E-state index contributed by atoms with van der Waals surface area (Å²) in [5.41, 5.74) is 2.76. The van der Waals surface area contributed by atoms with Gasteiger partial charge in [0.1, 0.15) is 5.69 Å². The molecule has 0 N–H and O–H groups in total. The fourth-order valence-corrected chi connectivity index (χ4v) is 3.75. The Kier molecular flexibility index (Phi) is 4.64. The molecule has 0 saturated heterocycles. The number of nitro benzene ring substituents is 1. The first-order chi connectivity index (χ1) is 11.5. The maximum absolute atomic E-state index is 11.4. The van der Waals surface area contributed by atoms with E-state index in [-0.39, 0.29) is 10.6 Å². The summed E-state index contributed by atoms with van der Waals surface area (Å²) >= 11 is 0. The van der Waals surface area contributed by atoms with Gasteiger partial charge in [0.2, 0.25) is 0 Å². The number of rotatable bonds is 4. The molecule has 0 atom stereocenters. The van der Waals surface area contributed by atoms with E-state index >= 15 is 0 Å². The molecule has 0 radical (unpaired) electrons. The van der Waals surface area contributed by atoms with Gasteiger partial charge < -0.3 is 14.7 Å². The molecule has 6 heteroatoms. The van der Waals surface area contributed by atoms with E-state index in [1.807, 2.05) is 26.2 Å². The molecule has 2 aliphatic rings. The highest BCUT2D eigenvalue weighted by Crippen LogP contribution is 2.34. The Hall–Kier alpha value is -2.24. The minimum atomic E-state index is -0.298. The molecule has 1 aliphatic heterocycles. The summed E-state index contributed by atoms with van der Waals surface area (Å²) in [6.45, 7) is 0.864. The first kappa shape index (κ1) is 16.6. The van der Waals surface area contributed by atoms with E-state index in [0.29, 0.717) is 11.7 Å². The first-order valence-corrected chi connectivity index (χ1v) is 8.62. The van der Waals surface area contributed by atoms with E-state index in [9.17, 15) is 10.1 Å². The molecule has 3 rings (SSSR count).